The highest BCUT2D eigenvalue weighted by atomic mass is 32.2. The van der Waals surface area contributed by atoms with Gasteiger partial charge in [0.05, 0.1) is 33.2 Å². The second kappa shape index (κ2) is 6.81. The Hall–Kier alpha value is -2.85. The number of nitriles is 1. The second-order valence-electron chi connectivity index (χ2n) is 6.70. The van der Waals surface area contributed by atoms with Crippen LogP contribution in [-0.2, 0) is 22.1 Å². The van der Waals surface area contributed by atoms with E-state index in [0.29, 0.717) is 29.0 Å². The Balaban J connectivity index is 1.97. The highest BCUT2D eigenvalue weighted by molar-refractivity contribution is 7.90. The van der Waals surface area contributed by atoms with Crippen LogP contribution in [0.1, 0.15) is 25.0 Å². The SMILES string of the molecule is CC(C)Cn1[nH]c(=O)c2cc(CS(=O)(=O)c3cccc(C#N)c3)ccc21. The largest absolute Gasteiger partial charge is 0.284 e. The molecule has 26 heavy (non-hydrogen) atoms. The van der Waals surface area contributed by atoms with Gasteiger partial charge in [0.2, 0.25) is 0 Å². The number of benzene rings is 2. The van der Waals surface area contributed by atoms with Crippen molar-refractivity contribution in [3.63, 3.8) is 0 Å². The van der Waals surface area contributed by atoms with Gasteiger partial charge in [-0.05, 0) is 41.8 Å². The highest BCUT2D eigenvalue weighted by Crippen LogP contribution is 2.20. The van der Waals surface area contributed by atoms with Gasteiger partial charge in [0.15, 0.2) is 9.84 Å². The Labute approximate surface area is 151 Å². The summed E-state index contributed by atoms with van der Waals surface area (Å²) in [6.07, 6.45) is 0. The molecule has 1 heterocycles. The molecule has 0 radical (unpaired) electrons. The van der Waals surface area contributed by atoms with Crippen molar-refractivity contribution in [2.24, 2.45) is 5.92 Å². The molecule has 0 amide bonds. The first-order chi connectivity index (χ1) is 12.3. The molecule has 0 atom stereocenters. The Morgan fingerprint density at radius 3 is 2.65 bits per heavy atom. The van der Waals surface area contributed by atoms with Crippen LogP contribution in [0.2, 0.25) is 0 Å². The van der Waals surface area contributed by atoms with Crippen LogP contribution < -0.4 is 5.56 Å². The topological polar surface area (TPSA) is 95.7 Å². The lowest BCUT2D eigenvalue weighted by Crippen LogP contribution is -2.09. The van der Waals surface area contributed by atoms with Crippen molar-refractivity contribution < 1.29 is 8.42 Å². The first-order valence-electron chi connectivity index (χ1n) is 8.24. The summed E-state index contributed by atoms with van der Waals surface area (Å²) >= 11 is 0. The molecule has 7 heteroatoms. The standard InChI is InChI=1S/C19H19N3O3S/c1-13(2)11-22-18-7-6-15(9-17(18)19(23)21-22)12-26(24,25)16-5-3-4-14(8-16)10-20/h3-9,13H,11-12H2,1-2H3,(H,21,23). The average Bonchev–Trinajstić information content (AvgIpc) is 2.89. The number of sulfone groups is 1. The predicted molar refractivity (Wildman–Crippen MR) is 99.4 cm³/mol. The minimum Gasteiger partial charge on any atom is -0.284 e. The molecule has 0 bridgehead atoms. The Morgan fingerprint density at radius 1 is 1.19 bits per heavy atom. The molecule has 2 aromatic carbocycles. The van der Waals surface area contributed by atoms with Crippen LogP contribution in [0.15, 0.2) is 52.2 Å². The van der Waals surface area contributed by atoms with E-state index in [4.69, 9.17) is 5.26 Å². The van der Waals surface area contributed by atoms with Crippen molar-refractivity contribution in [1.29, 1.82) is 5.26 Å². The third-order valence-corrected chi connectivity index (χ3v) is 5.75. The van der Waals surface area contributed by atoms with E-state index in [9.17, 15) is 13.2 Å². The van der Waals surface area contributed by atoms with Gasteiger partial charge in [0, 0.05) is 6.54 Å². The smallest absolute Gasteiger partial charge is 0.271 e. The van der Waals surface area contributed by atoms with Crippen LogP contribution in [0.3, 0.4) is 0 Å². The summed E-state index contributed by atoms with van der Waals surface area (Å²) in [5.41, 5.74) is 1.36. The van der Waals surface area contributed by atoms with Crippen LogP contribution in [0.25, 0.3) is 10.9 Å². The minimum atomic E-state index is -3.61. The van der Waals surface area contributed by atoms with Gasteiger partial charge in [-0.2, -0.15) is 5.26 Å². The zero-order chi connectivity index (χ0) is 18.9. The van der Waals surface area contributed by atoms with Crippen LogP contribution in [0, 0.1) is 17.2 Å². The fourth-order valence-corrected chi connectivity index (χ4v) is 4.28. The van der Waals surface area contributed by atoms with Crippen molar-refractivity contribution in [2.75, 3.05) is 0 Å². The van der Waals surface area contributed by atoms with Gasteiger partial charge in [-0.15, -0.1) is 0 Å². The predicted octanol–water partition coefficient (Wildman–Crippen LogP) is 2.83. The molecular formula is C19H19N3O3S. The molecule has 0 spiro atoms. The first kappa shape index (κ1) is 18.0. The third kappa shape index (κ3) is 3.55. The van der Waals surface area contributed by atoms with Gasteiger partial charge in [-0.1, -0.05) is 26.0 Å². The summed E-state index contributed by atoms with van der Waals surface area (Å²) in [6.45, 7) is 4.79. The number of rotatable bonds is 5. The number of nitrogens with zero attached hydrogens (tertiary/aromatic N) is 2. The fourth-order valence-electron chi connectivity index (χ4n) is 2.90. The van der Waals surface area contributed by atoms with Crippen molar-refractivity contribution >= 4 is 20.7 Å². The van der Waals surface area contributed by atoms with Gasteiger partial charge < -0.3 is 0 Å². The third-order valence-electron chi connectivity index (χ3n) is 4.06. The summed E-state index contributed by atoms with van der Waals surface area (Å²) in [4.78, 5) is 12.3. The lowest BCUT2D eigenvalue weighted by atomic mass is 10.2. The summed E-state index contributed by atoms with van der Waals surface area (Å²) in [6, 6.07) is 13.0. The zero-order valence-electron chi connectivity index (χ0n) is 14.6. The number of fused-ring (bicyclic) bond motifs is 1. The van der Waals surface area contributed by atoms with Crippen molar-refractivity contribution in [3.05, 3.63) is 63.9 Å². The molecule has 0 saturated carbocycles. The fraction of sp³-hybridized carbons (Fsp3) is 0.263. The van der Waals surface area contributed by atoms with E-state index in [-0.39, 0.29) is 16.2 Å². The molecular weight excluding hydrogens is 350 g/mol. The summed E-state index contributed by atoms with van der Waals surface area (Å²) in [7, 11) is -3.61. The maximum absolute atomic E-state index is 12.6. The van der Waals surface area contributed by atoms with Gasteiger partial charge >= 0.3 is 0 Å². The maximum atomic E-state index is 12.6. The van der Waals surface area contributed by atoms with Gasteiger partial charge in [0.1, 0.15) is 0 Å². The minimum absolute atomic E-state index is 0.0999. The molecule has 0 aliphatic heterocycles. The Kier molecular flexibility index (Phi) is 4.70. The molecule has 0 saturated heterocycles. The van der Waals surface area contributed by atoms with Gasteiger partial charge in [-0.3, -0.25) is 14.6 Å². The van der Waals surface area contributed by atoms with E-state index in [1.807, 2.05) is 6.07 Å². The molecule has 134 valence electrons. The van der Waals surface area contributed by atoms with Crippen LogP contribution in [0.5, 0.6) is 0 Å². The van der Waals surface area contributed by atoms with E-state index in [1.165, 1.54) is 12.1 Å². The Morgan fingerprint density at radius 2 is 1.96 bits per heavy atom. The lowest BCUT2D eigenvalue weighted by Gasteiger charge is -2.08. The van der Waals surface area contributed by atoms with E-state index < -0.39 is 9.84 Å². The van der Waals surface area contributed by atoms with E-state index in [2.05, 4.69) is 18.9 Å². The number of nitrogens with one attached hydrogen (secondary N) is 1. The van der Waals surface area contributed by atoms with Gasteiger partial charge in [0.25, 0.3) is 5.56 Å². The molecule has 1 N–H and O–H groups in total. The summed E-state index contributed by atoms with van der Waals surface area (Å²) in [5, 5.41) is 12.2. The van der Waals surface area contributed by atoms with Crippen LogP contribution >= 0.6 is 0 Å². The van der Waals surface area contributed by atoms with E-state index >= 15 is 0 Å². The molecule has 0 aliphatic rings. The van der Waals surface area contributed by atoms with Crippen LogP contribution in [0.4, 0.5) is 0 Å². The number of hydrogen-bond donors (Lipinski definition) is 1. The zero-order valence-corrected chi connectivity index (χ0v) is 15.4. The number of aromatic nitrogens is 2. The van der Waals surface area contributed by atoms with Gasteiger partial charge in [-0.25, -0.2) is 8.42 Å². The molecule has 1 aromatic heterocycles. The molecule has 0 aliphatic carbocycles. The molecule has 6 nitrogen and oxygen atoms in total. The van der Waals surface area contributed by atoms with Crippen molar-refractivity contribution in [1.82, 2.24) is 9.78 Å². The first-order valence-corrected chi connectivity index (χ1v) is 9.90. The highest BCUT2D eigenvalue weighted by Gasteiger charge is 2.17. The molecule has 3 aromatic rings. The monoisotopic (exact) mass is 369 g/mol. The van der Waals surface area contributed by atoms with E-state index in [1.54, 1.807) is 35.0 Å². The average molecular weight is 369 g/mol. The van der Waals surface area contributed by atoms with Crippen molar-refractivity contribution in [2.45, 2.75) is 31.0 Å². The summed E-state index contributed by atoms with van der Waals surface area (Å²) < 4.78 is 27.1. The number of aromatic amines is 1. The normalized spacial score (nSPS) is 11.8. The lowest BCUT2D eigenvalue weighted by molar-refractivity contribution is 0.492. The molecule has 3 rings (SSSR count). The molecule has 0 fully saturated rings. The summed E-state index contributed by atoms with van der Waals surface area (Å²) in [5.74, 6) is 0.140. The molecule has 0 unspecified atom stereocenters. The van der Waals surface area contributed by atoms with Crippen LogP contribution in [-0.4, -0.2) is 18.2 Å². The quantitative estimate of drug-likeness (QED) is 0.748. The second-order valence-corrected chi connectivity index (χ2v) is 8.69. The Bertz CT molecular complexity index is 1160. The number of hydrogen-bond acceptors (Lipinski definition) is 4. The van der Waals surface area contributed by atoms with Crippen molar-refractivity contribution in [3.8, 4) is 6.07 Å². The maximum Gasteiger partial charge on any atom is 0.271 e. The number of H-pyrrole nitrogens is 1. The van der Waals surface area contributed by atoms with E-state index in [0.717, 1.165) is 5.52 Å².